The summed E-state index contributed by atoms with van der Waals surface area (Å²) in [7, 11) is 0. The first-order valence-electron chi connectivity index (χ1n) is 6.32. The van der Waals surface area contributed by atoms with Crippen LogP contribution in [0.1, 0.15) is 26.2 Å². The van der Waals surface area contributed by atoms with E-state index in [4.69, 9.17) is 5.11 Å². The van der Waals surface area contributed by atoms with Crippen molar-refractivity contribution in [2.45, 2.75) is 32.2 Å². The SMILES string of the molecule is CC1NCCC1C(=O)N(CC(=O)O)CC1CC1. The third-order valence-corrected chi connectivity index (χ3v) is 3.66. The average molecular weight is 240 g/mol. The third-order valence-electron chi connectivity index (χ3n) is 3.66. The predicted octanol–water partition coefficient (Wildman–Crippen LogP) is 0.308. The van der Waals surface area contributed by atoms with Crippen LogP contribution in [0.4, 0.5) is 0 Å². The van der Waals surface area contributed by atoms with E-state index in [2.05, 4.69) is 5.32 Å². The van der Waals surface area contributed by atoms with Crippen molar-refractivity contribution < 1.29 is 14.7 Å². The Kier molecular flexibility index (Phi) is 3.66. The van der Waals surface area contributed by atoms with Crippen molar-refractivity contribution in [1.29, 1.82) is 0 Å². The summed E-state index contributed by atoms with van der Waals surface area (Å²) in [6.07, 6.45) is 3.07. The van der Waals surface area contributed by atoms with E-state index in [1.807, 2.05) is 6.92 Å². The first-order chi connectivity index (χ1) is 8.08. The van der Waals surface area contributed by atoms with Crippen LogP contribution in [0, 0.1) is 11.8 Å². The third kappa shape index (κ3) is 3.19. The van der Waals surface area contributed by atoms with Gasteiger partial charge in [-0.05, 0) is 38.6 Å². The Morgan fingerprint density at radius 2 is 2.06 bits per heavy atom. The fourth-order valence-electron chi connectivity index (χ4n) is 2.44. The van der Waals surface area contributed by atoms with Crippen LogP contribution in [-0.2, 0) is 9.59 Å². The van der Waals surface area contributed by atoms with Crippen molar-refractivity contribution in [2.24, 2.45) is 11.8 Å². The molecule has 17 heavy (non-hydrogen) atoms. The van der Waals surface area contributed by atoms with Gasteiger partial charge in [0.1, 0.15) is 6.54 Å². The molecule has 0 aromatic heterocycles. The maximum absolute atomic E-state index is 12.3. The Balaban J connectivity index is 1.97. The highest BCUT2D eigenvalue weighted by Gasteiger charge is 2.35. The van der Waals surface area contributed by atoms with Gasteiger partial charge >= 0.3 is 5.97 Å². The van der Waals surface area contributed by atoms with Gasteiger partial charge in [0.2, 0.25) is 5.91 Å². The summed E-state index contributed by atoms with van der Waals surface area (Å²) in [4.78, 5) is 24.6. The summed E-state index contributed by atoms with van der Waals surface area (Å²) in [5, 5.41) is 12.1. The van der Waals surface area contributed by atoms with Crippen LogP contribution in [-0.4, -0.2) is 47.6 Å². The molecule has 0 aromatic rings. The largest absolute Gasteiger partial charge is 0.480 e. The molecule has 2 unspecified atom stereocenters. The van der Waals surface area contributed by atoms with Gasteiger partial charge in [0.15, 0.2) is 0 Å². The predicted molar refractivity (Wildman–Crippen MR) is 62.5 cm³/mol. The van der Waals surface area contributed by atoms with E-state index in [-0.39, 0.29) is 24.4 Å². The van der Waals surface area contributed by atoms with Gasteiger partial charge in [-0.1, -0.05) is 0 Å². The number of carbonyl (C=O) groups is 2. The zero-order chi connectivity index (χ0) is 12.4. The molecule has 1 aliphatic carbocycles. The van der Waals surface area contributed by atoms with Crippen LogP contribution in [0.2, 0.25) is 0 Å². The number of carboxylic acid groups (broad SMARTS) is 1. The number of aliphatic carboxylic acids is 1. The van der Waals surface area contributed by atoms with E-state index in [9.17, 15) is 9.59 Å². The van der Waals surface area contributed by atoms with E-state index in [0.29, 0.717) is 12.5 Å². The number of rotatable bonds is 5. The molecule has 1 amide bonds. The zero-order valence-corrected chi connectivity index (χ0v) is 10.2. The van der Waals surface area contributed by atoms with E-state index in [0.717, 1.165) is 25.8 Å². The van der Waals surface area contributed by atoms with Crippen molar-refractivity contribution in [3.63, 3.8) is 0 Å². The van der Waals surface area contributed by atoms with E-state index in [1.165, 1.54) is 4.90 Å². The summed E-state index contributed by atoms with van der Waals surface area (Å²) in [6.45, 7) is 3.31. The molecule has 2 atom stereocenters. The Bertz CT molecular complexity index is 315. The molecule has 0 bridgehead atoms. The molecule has 0 aromatic carbocycles. The van der Waals surface area contributed by atoms with Crippen LogP contribution in [0.25, 0.3) is 0 Å². The number of amides is 1. The topological polar surface area (TPSA) is 69.6 Å². The average Bonchev–Trinajstić information content (AvgIpc) is 2.97. The lowest BCUT2D eigenvalue weighted by atomic mass is 10.00. The van der Waals surface area contributed by atoms with Gasteiger partial charge in [0.25, 0.3) is 0 Å². The molecular formula is C12H20N2O3. The highest BCUT2D eigenvalue weighted by Crippen LogP contribution is 2.30. The second kappa shape index (κ2) is 5.04. The molecule has 1 aliphatic heterocycles. The standard InChI is InChI=1S/C12H20N2O3/c1-8-10(4-5-13-8)12(17)14(7-11(15)16)6-9-2-3-9/h8-10,13H,2-7H2,1H3,(H,15,16). The van der Waals surface area contributed by atoms with E-state index >= 15 is 0 Å². The summed E-state index contributed by atoms with van der Waals surface area (Å²) < 4.78 is 0. The lowest BCUT2D eigenvalue weighted by Crippen LogP contribution is -2.43. The summed E-state index contributed by atoms with van der Waals surface area (Å²) >= 11 is 0. The zero-order valence-electron chi connectivity index (χ0n) is 10.2. The number of hydrogen-bond acceptors (Lipinski definition) is 3. The Labute approximate surface area is 101 Å². The molecule has 2 aliphatic rings. The van der Waals surface area contributed by atoms with Crippen molar-refractivity contribution in [3.8, 4) is 0 Å². The molecule has 1 saturated carbocycles. The molecule has 2 rings (SSSR count). The second-order valence-corrected chi connectivity index (χ2v) is 5.19. The maximum Gasteiger partial charge on any atom is 0.323 e. The maximum atomic E-state index is 12.3. The van der Waals surface area contributed by atoms with Crippen LogP contribution in [0.5, 0.6) is 0 Å². The summed E-state index contributed by atoms with van der Waals surface area (Å²) in [6, 6.07) is 0.165. The monoisotopic (exact) mass is 240 g/mol. The molecule has 0 radical (unpaired) electrons. The van der Waals surface area contributed by atoms with Crippen LogP contribution < -0.4 is 5.32 Å². The number of carbonyl (C=O) groups excluding carboxylic acids is 1. The molecule has 5 heteroatoms. The quantitative estimate of drug-likeness (QED) is 0.725. The van der Waals surface area contributed by atoms with Gasteiger partial charge in [-0.3, -0.25) is 9.59 Å². The molecule has 0 spiro atoms. The van der Waals surface area contributed by atoms with Crippen LogP contribution >= 0.6 is 0 Å². The molecule has 1 saturated heterocycles. The number of hydrogen-bond donors (Lipinski definition) is 2. The Morgan fingerprint density at radius 3 is 2.53 bits per heavy atom. The summed E-state index contributed by atoms with van der Waals surface area (Å²) in [5.41, 5.74) is 0. The Morgan fingerprint density at radius 1 is 1.35 bits per heavy atom. The van der Waals surface area contributed by atoms with Gasteiger partial charge in [0.05, 0.1) is 5.92 Å². The minimum absolute atomic E-state index is 0.0109. The fourth-order valence-corrected chi connectivity index (χ4v) is 2.44. The molecule has 2 fully saturated rings. The molecule has 1 heterocycles. The van der Waals surface area contributed by atoms with E-state index < -0.39 is 5.97 Å². The highest BCUT2D eigenvalue weighted by molar-refractivity contribution is 5.83. The number of nitrogens with zero attached hydrogens (tertiary/aromatic N) is 1. The molecule has 2 N–H and O–H groups in total. The summed E-state index contributed by atoms with van der Waals surface area (Å²) in [5.74, 6) is -0.425. The lowest BCUT2D eigenvalue weighted by Gasteiger charge is -2.25. The first-order valence-corrected chi connectivity index (χ1v) is 6.32. The first kappa shape index (κ1) is 12.4. The van der Waals surface area contributed by atoms with E-state index in [1.54, 1.807) is 0 Å². The molecule has 5 nitrogen and oxygen atoms in total. The second-order valence-electron chi connectivity index (χ2n) is 5.19. The van der Waals surface area contributed by atoms with Crippen LogP contribution in [0.15, 0.2) is 0 Å². The van der Waals surface area contributed by atoms with Crippen molar-refractivity contribution >= 4 is 11.9 Å². The molecule has 96 valence electrons. The van der Waals surface area contributed by atoms with Gasteiger partial charge in [-0.15, -0.1) is 0 Å². The van der Waals surface area contributed by atoms with Gasteiger partial charge in [0, 0.05) is 12.6 Å². The van der Waals surface area contributed by atoms with Gasteiger partial charge in [-0.25, -0.2) is 0 Å². The Hall–Kier alpha value is -1.10. The fraction of sp³-hybridized carbons (Fsp3) is 0.833. The van der Waals surface area contributed by atoms with Crippen LogP contribution in [0.3, 0.4) is 0 Å². The van der Waals surface area contributed by atoms with Crippen molar-refractivity contribution in [3.05, 3.63) is 0 Å². The van der Waals surface area contributed by atoms with Crippen molar-refractivity contribution in [1.82, 2.24) is 10.2 Å². The van der Waals surface area contributed by atoms with Gasteiger partial charge in [-0.2, -0.15) is 0 Å². The number of carboxylic acids is 1. The minimum atomic E-state index is -0.919. The normalized spacial score (nSPS) is 28.1. The highest BCUT2D eigenvalue weighted by atomic mass is 16.4. The molecular weight excluding hydrogens is 220 g/mol. The smallest absolute Gasteiger partial charge is 0.323 e. The number of nitrogens with one attached hydrogen (secondary N) is 1. The van der Waals surface area contributed by atoms with Crippen molar-refractivity contribution in [2.75, 3.05) is 19.6 Å². The lowest BCUT2D eigenvalue weighted by molar-refractivity contribution is -0.146. The van der Waals surface area contributed by atoms with Gasteiger partial charge < -0.3 is 15.3 Å². The minimum Gasteiger partial charge on any atom is -0.480 e.